The van der Waals surface area contributed by atoms with Gasteiger partial charge in [-0.1, -0.05) is 56.3 Å². The van der Waals surface area contributed by atoms with Crippen LogP contribution in [0.3, 0.4) is 0 Å². The number of hydrogen-bond acceptors (Lipinski definition) is 4. The Kier molecular flexibility index (Phi) is 9.34. The molecule has 2 rings (SSSR count). The van der Waals surface area contributed by atoms with Gasteiger partial charge in [-0.25, -0.2) is 0 Å². The number of carbonyl (C=O) groups excluding carboxylic acids is 1. The van der Waals surface area contributed by atoms with Crippen molar-refractivity contribution >= 4 is 5.91 Å². The second-order valence-electron chi connectivity index (χ2n) is 8.15. The Bertz CT molecular complexity index is 762. The van der Waals surface area contributed by atoms with Crippen LogP contribution in [0.4, 0.5) is 0 Å². The van der Waals surface area contributed by atoms with Crippen molar-refractivity contribution in [1.82, 2.24) is 4.90 Å². The van der Waals surface area contributed by atoms with Crippen molar-refractivity contribution in [2.75, 3.05) is 20.8 Å². The molecule has 2 aromatic rings. The first-order chi connectivity index (χ1) is 14.3. The number of rotatable bonds is 11. The molecule has 0 spiro atoms. The average Bonchev–Trinajstić information content (AvgIpc) is 2.78. The molecule has 0 unspecified atom stereocenters. The fourth-order valence-electron chi connectivity index (χ4n) is 3.56. The van der Waals surface area contributed by atoms with Gasteiger partial charge in [0.2, 0.25) is 5.91 Å². The predicted molar refractivity (Wildman–Crippen MR) is 119 cm³/mol. The van der Waals surface area contributed by atoms with Crippen LogP contribution >= 0.6 is 0 Å². The SMILES string of the molecule is COc1ccc(COC[C@@H](C)C[C@@H](C)C(=O)N(C)[C@@H](C)[C@@H](O)c2ccccc2)cc1. The number of carbonyl (C=O) groups is 1. The normalized spacial score (nSPS) is 15.1. The van der Waals surface area contributed by atoms with E-state index in [1.807, 2.05) is 68.4 Å². The number of likely N-dealkylation sites (N-methyl/N-ethyl adjacent to an activating group) is 1. The van der Waals surface area contributed by atoms with Crippen LogP contribution in [0.2, 0.25) is 0 Å². The summed E-state index contributed by atoms with van der Waals surface area (Å²) in [4.78, 5) is 14.5. The third kappa shape index (κ3) is 6.85. The fraction of sp³-hybridized carbons (Fsp3) is 0.480. The van der Waals surface area contributed by atoms with E-state index in [2.05, 4.69) is 6.92 Å². The maximum absolute atomic E-state index is 12.9. The zero-order valence-corrected chi connectivity index (χ0v) is 18.7. The van der Waals surface area contributed by atoms with Gasteiger partial charge in [-0.15, -0.1) is 0 Å². The van der Waals surface area contributed by atoms with Crippen LogP contribution in [0, 0.1) is 11.8 Å². The molecular weight excluding hydrogens is 378 g/mol. The third-order valence-corrected chi connectivity index (χ3v) is 5.56. The molecule has 0 fully saturated rings. The lowest BCUT2D eigenvalue weighted by Gasteiger charge is -2.32. The largest absolute Gasteiger partial charge is 0.497 e. The molecule has 1 amide bonds. The molecule has 0 aliphatic rings. The van der Waals surface area contributed by atoms with Crippen LogP contribution in [-0.2, 0) is 16.1 Å². The van der Waals surface area contributed by atoms with E-state index in [4.69, 9.17) is 9.47 Å². The van der Waals surface area contributed by atoms with Crippen molar-refractivity contribution in [3.63, 3.8) is 0 Å². The molecular formula is C25H35NO4. The molecule has 0 aliphatic carbocycles. The van der Waals surface area contributed by atoms with Gasteiger partial charge < -0.3 is 19.5 Å². The molecule has 164 valence electrons. The molecule has 5 nitrogen and oxygen atoms in total. The van der Waals surface area contributed by atoms with E-state index in [9.17, 15) is 9.90 Å². The number of benzene rings is 2. The van der Waals surface area contributed by atoms with E-state index < -0.39 is 6.10 Å². The van der Waals surface area contributed by atoms with Crippen molar-refractivity contribution in [3.05, 3.63) is 65.7 Å². The van der Waals surface area contributed by atoms with Crippen LogP contribution in [0.5, 0.6) is 5.75 Å². The highest BCUT2D eigenvalue weighted by Gasteiger charge is 2.27. The molecule has 0 heterocycles. The first kappa shape index (κ1) is 23.9. The van der Waals surface area contributed by atoms with E-state index in [1.165, 1.54) is 0 Å². The van der Waals surface area contributed by atoms with E-state index in [0.29, 0.717) is 13.2 Å². The lowest BCUT2D eigenvalue weighted by atomic mass is 9.95. The highest BCUT2D eigenvalue weighted by molar-refractivity contribution is 5.78. The van der Waals surface area contributed by atoms with E-state index in [-0.39, 0.29) is 23.8 Å². The second-order valence-corrected chi connectivity index (χ2v) is 8.15. The van der Waals surface area contributed by atoms with Crippen molar-refractivity contribution in [1.29, 1.82) is 0 Å². The van der Waals surface area contributed by atoms with Gasteiger partial charge >= 0.3 is 0 Å². The van der Waals surface area contributed by atoms with Gasteiger partial charge in [0, 0.05) is 19.6 Å². The standard InChI is InChI=1S/C25H35NO4/c1-18(16-30-17-21-11-13-23(29-5)14-12-21)15-19(2)25(28)26(4)20(3)24(27)22-9-7-6-8-10-22/h6-14,18-20,24,27H,15-17H2,1-5H3/t18-,19+,20-,24+/m0/s1. The van der Waals surface area contributed by atoms with Crippen LogP contribution < -0.4 is 4.74 Å². The number of nitrogens with zero attached hydrogens (tertiary/aromatic N) is 1. The number of aliphatic hydroxyl groups is 1. The topological polar surface area (TPSA) is 59.0 Å². The molecule has 4 atom stereocenters. The van der Waals surface area contributed by atoms with Gasteiger partial charge in [0.25, 0.3) is 0 Å². The first-order valence-electron chi connectivity index (χ1n) is 10.5. The summed E-state index contributed by atoms with van der Waals surface area (Å²) in [5.74, 6) is 0.986. The summed E-state index contributed by atoms with van der Waals surface area (Å²) in [6.45, 7) is 7.05. The number of amides is 1. The zero-order valence-electron chi connectivity index (χ0n) is 18.7. The monoisotopic (exact) mass is 413 g/mol. The Morgan fingerprint density at radius 3 is 2.27 bits per heavy atom. The summed E-state index contributed by atoms with van der Waals surface area (Å²) in [6, 6.07) is 17.0. The number of methoxy groups -OCH3 is 1. The molecule has 30 heavy (non-hydrogen) atoms. The maximum atomic E-state index is 12.9. The molecule has 2 aromatic carbocycles. The summed E-state index contributed by atoms with van der Waals surface area (Å²) < 4.78 is 11.0. The fourth-order valence-corrected chi connectivity index (χ4v) is 3.56. The van der Waals surface area contributed by atoms with Crippen LogP contribution in [0.15, 0.2) is 54.6 Å². The molecule has 0 aliphatic heterocycles. The number of ether oxygens (including phenoxy) is 2. The Hall–Kier alpha value is -2.37. The second kappa shape index (κ2) is 11.7. The Morgan fingerprint density at radius 1 is 1.03 bits per heavy atom. The lowest BCUT2D eigenvalue weighted by Crippen LogP contribution is -2.42. The van der Waals surface area contributed by atoms with Gasteiger partial charge in [0.1, 0.15) is 5.75 Å². The minimum Gasteiger partial charge on any atom is -0.497 e. The Morgan fingerprint density at radius 2 is 1.67 bits per heavy atom. The van der Waals surface area contributed by atoms with Crippen LogP contribution in [0.25, 0.3) is 0 Å². The van der Waals surface area contributed by atoms with Gasteiger partial charge in [0.15, 0.2) is 0 Å². The smallest absolute Gasteiger partial charge is 0.225 e. The van der Waals surface area contributed by atoms with Crippen LogP contribution in [-0.4, -0.2) is 42.7 Å². The molecule has 0 saturated heterocycles. The minimum absolute atomic E-state index is 0.0412. The lowest BCUT2D eigenvalue weighted by molar-refractivity contribution is -0.138. The van der Waals surface area contributed by atoms with Crippen molar-refractivity contribution < 1.29 is 19.4 Å². The molecule has 1 N–H and O–H groups in total. The summed E-state index contributed by atoms with van der Waals surface area (Å²) in [6.07, 6.45) is 0.0255. The Labute approximate surface area is 180 Å². The number of hydrogen-bond donors (Lipinski definition) is 1. The molecule has 0 aromatic heterocycles. The maximum Gasteiger partial charge on any atom is 0.225 e. The summed E-state index contributed by atoms with van der Waals surface area (Å²) in [7, 11) is 3.41. The average molecular weight is 414 g/mol. The Balaban J connectivity index is 1.78. The van der Waals surface area contributed by atoms with Gasteiger partial charge in [-0.3, -0.25) is 4.79 Å². The highest BCUT2D eigenvalue weighted by atomic mass is 16.5. The van der Waals surface area contributed by atoms with E-state index >= 15 is 0 Å². The summed E-state index contributed by atoms with van der Waals surface area (Å²) >= 11 is 0. The first-order valence-corrected chi connectivity index (χ1v) is 10.5. The van der Waals surface area contributed by atoms with Gasteiger partial charge in [0.05, 0.1) is 25.9 Å². The van der Waals surface area contributed by atoms with Crippen molar-refractivity contribution in [2.45, 2.75) is 45.9 Å². The molecule has 5 heteroatoms. The molecule has 0 bridgehead atoms. The quantitative estimate of drug-likeness (QED) is 0.591. The summed E-state index contributed by atoms with van der Waals surface area (Å²) in [5, 5.41) is 10.6. The van der Waals surface area contributed by atoms with Crippen molar-refractivity contribution in [3.8, 4) is 5.75 Å². The number of aliphatic hydroxyl groups excluding tert-OH is 1. The zero-order chi connectivity index (χ0) is 22.1. The van der Waals surface area contributed by atoms with E-state index in [0.717, 1.165) is 23.3 Å². The van der Waals surface area contributed by atoms with E-state index in [1.54, 1.807) is 19.1 Å². The predicted octanol–water partition coefficient (Wildman–Crippen LogP) is 4.45. The molecule has 0 saturated carbocycles. The minimum atomic E-state index is -0.711. The van der Waals surface area contributed by atoms with Crippen LogP contribution in [0.1, 0.15) is 44.4 Å². The molecule has 0 radical (unpaired) electrons. The third-order valence-electron chi connectivity index (χ3n) is 5.56. The van der Waals surface area contributed by atoms with Gasteiger partial charge in [-0.2, -0.15) is 0 Å². The van der Waals surface area contributed by atoms with Gasteiger partial charge in [-0.05, 0) is 42.5 Å². The highest BCUT2D eigenvalue weighted by Crippen LogP contribution is 2.23. The summed E-state index contributed by atoms with van der Waals surface area (Å²) in [5.41, 5.74) is 1.91. The van der Waals surface area contributed by atoms with Crippen molar-refractivity contribution in [2.24, 2.45) is 11.8 Å².